The molecule has 6 nitrogen and oxygen atoms in total. The molecule has 0 aliphatic carbocycles. The number of nitrogens with zero attached hydrogens (tertiary/aromatic N) is 1. The normalized spacial score (nSPS) is 11.8. The Balaban J connectivity index is 2.81. The molecule has 0 bridgehead atoms. The van der Waals surface area contributed by atoms with E-state index in [-0.39, 0.29) is 21.8 Å². The van der Waals surface area contributed by atoms with Gasteiger partial charge in [0.25, 0.3) is 10.1 Å². The zero-order valence-corrected chi connectivity index (χ0v) is 8.77. The van der Waals surface area contributed by atoms with Crippen LogP contribution in [0.5, 0.6) is 5.75 Å². The number of aromatic hydroxyl groups is 1. The Morgan fingerprint density at radius 3 is 2.56 bits per heavy atom. The van der Waals surface area contributed by atoms with Crippen LogP contribution in [0.4, 0.5) is 5.69 Å². The Morgan fingerprint density at radius 2 is 1.94 bits per heavy atom. The number of anilines is 1. The molecule has 1 aromatic carbocycles. The molecule has 0 spiro atoms. The quantitative estimate of drug-likeness (QED) is 0.501. The van der Waals surface area contributed by atoms with Gasteiger partial charge in [0.15, 0.2) is 0 Å². The Bertz CT molecular complexity index is 667. The summed E-state index contributed by atoms with van der Waals surface area (Å²) in [7, 11) is -4.30. The van der Waals surface area contributed by atoms with E-state index in [1.807, 2.05) is 0 Å². The van der Waals surface area contributed by atoms with Gasteiger partial charge in [-0.2, -0.15) is 8.42 Å². The van der Waals surface area contributed by atoms with Gasteiger partial charge in [0, 0.05) is 23.3 Å². The fourth-order valence-electron chi connectivity index (χ4n) is 1.37. The van der Waals surface area contributed by atoms with Crippen LogP contribution >= 0.6 is 0 Å². The summed E-state index contributed by atoms with van der Waals surface area (Å²) < 4.78 is 30.6. The molecule has 0 atom stereocenters. The highest BCUT2D eigenvalue weighted by molar-refractivity contribution is 7.85. The number of phenols is 1. The molecule has 2 rings (SSSR count). The molecule has 4 N–H and O–H groups in total. The molecular formula is C9H8N2O4S. The Hall–Kier alpha value is -1.86. The highest BCUT2D eigenvalue weighted by Crippen LogP contribution is 2.27. The third-order valence-electron chi connectivity index (χ3n) is 2.06. The van der Waals surface area contributed by atoms with Gasteiger partial charge in [0.2, 0.25) is 0 Å². The Morgan fingerprint density at radius 1 is 1.25 bits per heavy atom. The van der Waals surface area contributed by atoms with Crippen molar-refractivity contribution in [3.05, 3.63) is 24.4 Å². The molecule has 1 heterocycles. The minimum Gasteiger partial charge on any atom is -0.506 e. The van der Waals surface area contributed by atoms with Crippen molar-refractivity contribution in [3.8, 4) is 5.75 Å². The van der Waals surface area contributed by atoms with Crippen LogP contribution < -0.4 is 5.73 Å². The zero-order chi connectivity index (χ0) is 11.9. The first-order valence-corrected chi connectivity index (χ1v) is 5.67. The third-order valence-corrected chi connectivity index (χ3v) is 2.88. The third kappa shape index (κ3) is 1.77. The van der Waals surface area contributed by atoms with Gasteiger partial charge in [-0.25, -0.2) is 0 Å². The van der Waals surface area contributed by atoms with Crippen LogP contribution in [0.25, 0.3) is 10.9 Å². The topological polar surface area (TPSA) is 114 Å². The molecule has 84 valence electrons. The van der Waals surface area contributed by atoms with Crippen molar-refractivity contribution in [2.75, 3.05) is 5.73 Å². The summed E-state index contributed by atoms with van der Waals surface area (Å²) in [5.41, 5.74) is 5.98. The zero-order valence-electron chi connectivity index (χ0n) is 7.95. The SMILES string of the molecule is Nc1cc(O)c2ncc(S(=O)(=O)O)cc2c1. The van der Waals surface area contributed by atoms with Crippen LogP contribution in [-0.2, 0) is 10.1 Å². The van der Waals surface area contributed by atoms with E-state index in [2.05, 4.69) is 4.98 Å². The number of aromatic nitrogens is 1. The number of fused-ring (bicyclic) bond motifs is 1. The molecule has 0 saturated carbocycles. The van der Waals surface area contributed by atoms with E-state index in [0.29, 0.717) is 5.39 Å². The maximum atomic E-state index is 10.9. The average molecular weight is 240 g/mol. The van der Waals surface area contributed by atoms with Crippen molar-refractivity contribution < 1.29 is 18.1 Å². The van der Waals surface area contributed by atoms with Gasteiger partial charge in [-0.1, -0.05) is 0 Å². The summed E-state index contributed by atoms with van der Waals surface area (Å²) in [6.07, 6.45) is 0.966. The molecule has 1 aromatic heterocycles. The van der Waals surface area contributed by atoms with Gasteiger partial charge in [-0.15, -0.1) is 0 Å². The van der Waals surface area contributed by atoms with Crippen LogP contribution in [0.2, 0.25) is 0 Å². The van der Waals surface area contributed by atoms with Crippen molar-refractivity contribution in [2.24, 2.45) is 0 Å². The van der Waals surface area contributed by atoms with Crippen LogP contribution in [-0.4, -0.2) is 23.1 Å². The molecule has 0 unspecified atom stereocenters. The van der Waals surface area contributed by atoms with Crippen molar-refractivity contribution in [3.63, 3.8) is 0 Å². The fraction of sp³-hybridized carbons (Fsp3) is 0. The summed E-state index contributed by atoms with van der Waals surface area (Å²) >= 11 is 0. The number of phenolic OH excluding ortho intramolecular Hbond substituents is 1. The first kappa shape index (κ1) is 10.7. The van der Waals surface area contributed by atoms with Crippen LogP contribution in [0.3, 0.4) is 0 Å². The highest BCUT2D eigenvalue weighted by atomic mass is 32.2. The highest BCUT2D eigenvalue weighted by Gasteiger charge is 2.12. The second kappa shape index (κ2) is 3.32. The summed E-state index contributed by atoms with van der Waals surface area (Å²) in [6.45, 7) is 0. The minimum atomic E-state index is -4.30. The van der Waals surface area contributed by atoms with Gasteiger partial charge in [0.1, 0.15) is 16.2 Å². The molecule has 0 radical (unpaired) electrons. The van der Waals surface area contributed by atoms with E-state index in [1.165, 1.54) is 18.2 Å². The molecule has 0 amide bonds. The lowest BCUT2D eigenvalue weighted by Gasteiger charge is -2.03. The van der Waals surface area contributed by atoms with Crippen molar-refractivity contribution in [2.45, 2.75) is 4.90 Å². The van der Waals surface area contributed by atoms with E-state index in [0.717, 1.165) is 6.20 Å². The molecule has 2 aromatic rings. The minimum absolute atomic E-state index is 0.142. The van der Waals surface area contributed by atoms with E-state index in [1.54, 1.807) is 0 Å². The Labute approximate surface area is 91.1 Å². The van der Waals surface area contributed by atoms with E-state index < -0.39 is 10.1 Å². The lowest BCUT2D eigenvalue weighted by Crippen LogP contribution is -1.99. The lowest BCUT2D eigenvalue weighted by molar-refractivity contribution is 0.478. The maximum Gasteiger partial charge on any atom is 0.296 e. The second-order valence-corrected chi connectivity index (χ2v) is 4.68. The van der Waals surface area contributed by atoms with Crippen LogP contribution in [0.1, 0.15) is 0 Å². The first-order valence-electron chi connectivity index (χ1n) is 4.23. The van der Waals surface area contributed by atoms with E-state index in [9.17, 15) is 13.5 Å². The molecule has 7 heteroatoms. The number of benzene rings is 1. The number of nitrogens with two attached hydrogens (primary N) is 1. The number of rotatable bonds is 1. The van der Waals surface area contributed by atoms with Crippen molar-refractivity contribution in [1.82, 2.24) is 4.98 Å². The molecule has 0 aliphatic heterocycles. The van der Waals surface area contributed by atoms with Crippen molar-refractivity contribution in [1.29, 1.82) is 0 Å². The van der Waals surface area contributed by atoms with E-state index >= 15 is 0 Å². The van der Waals surface area contributed by atoms with Gasteiger partial charge in [-0.3, -0.25) is 9.54 Å². The molecule has 0 fully saturated rings. The summed E-state index contributed by atoms with van der Waals surface area (Å²) in [6, 6.07) is 3.95. The lowest BCUT2D eigenvalue weighted by atomic mass is 10.2. The Kier molecular flexibility index (Phi) is 2.21. The summed E-state index contributed by atoms with van der Waals surface area (Å²) in [5.74, 6) is -0.142. The van der Waals surface area contributed by atoms with Gasteiger partial charge >= 0.3 is 0 Å². The molecule has 0 saturated heterocycles. The van der Waals surface area contributed by atoms with Crippen molar-refractivity contribution >= 4 is 26.7 Å². The molecular weight excluding hydrogens is 232 g/mol. The largest absolute Gasteiger partial charge is 0.506 e. The number of pyridine rings is 1. The molecule has 0 aliphatic rings. The van der Waals surface area contributed by atoms with Gasteiger partial charge < -0.3 is 10.8 Å². The molecule has 16 heavy (non-hydrogen) atoms. The predicted molar refractivity (Wildman–Crippen MR) is 57.6 cm³/mol. The van der Waals surface area contributed by atoms with E-state index in [4.69, 9.17) is 10.3 Å². The van der Waals surface area contributed by atoms with Gasteiger partial charge in [0.05, 0.1) is 0 Å². The average Bonchev–Trinajstić information content (AvgIpc) is 2.15. The first-order chi connectivity index (χ1) is 7.38. The summed E-state index contributed by atoms with van der Waals surface area (Å²) in [5, 5.41) is 9.83. The fourth-order valence-corrected chi connectivity index (χ4v) is 1.84. The predicted octanol–water partition coefficient (Wildman–Crippen LogP) is 0.769. The van der Waals surface area contributed by atoms with Crippen LogP contribution in [0.15, 0.2) is 29.3 Å². The van der Waals surface area contributed by atoms with Gasteiger partial charge in [-0.05, 0) is 12.1 Å². The second-order valence-electron chi connectivity index (χ2n) is 3.26. The smallest absolute Gasteiger partial charge is 0.296 e. The number of hydrogen-bond acceptors (Lipinski definition) is 5. The summed E-state index contributed by atoms with van der Waals surface area (Å²) in [4.78, 5) is 3.40. The van der Waals surface area contributed by atoms with Crippen LogP contribution in [0, 0.1) is 0 Å². The standard InChI is InChI=1S/C9H8N2O4S/c10-6-1-5-2-7(16(13,14)15)4-11-9(5)8(12)3-6/h1-4,12H,10H2,(H,13,14,15). The monoisotopic (exact) mass is 240 g/mol. The number of hydrogen-bond donors (Lipinski definition) is 3. The maximum absolute atomic E-state index is 10.9. The number of nitrogen functional groups attached to an aromatic ring is 1.